The molecule has 3 rings (SSSR count). The molecule has 0 saturated carbocycles. The summed E-state index contributed by atoms with van der Waals surface area (Å²) in [6.07, 6.45) is 1.78. The molecule has 0 radical (unpaired) electrons. The summed E-state index contributed by atoms with van der Waals surface area (Å²) in [4.78, 5) is 44.0. The van der Waals surface area contributed by atoms with Crippen molar-refractivity contribution in [2.75, 3.05) is 6.54 Å². The molecule has 2 aromatic rings. The molecular weight excluding hydrogens is 479 g/mol. The number of nitro groups is 1. The Morgan fingerprint density at radius 2 is 1.76 bits per heavy atom. The maximum atomic E-state index is 12.1. The Bertz CT molecular complexity index is 1100. The molecule has 12 heteroatoms. The van der Waals surface area contributed by atoms with Gasteiger partial charge in [0, 0.05) is 16.1 Å². The van der Waals surface area contributed by atoms with Gasteiger partial charge in [-0.3, -0.25) is 19.7 Å². The van der Waals surface area contributed by atoms with E-state index in [0.717, 1.165) is 37.6 Å². The van der Waals surface area contributed by atoms with E-state index in [-0.39, 0.29) is 32.8 Å². The van der Waals surface area contributed by atoms with Crippen LogP contribution in [0.2, 0.25) is 10.0 Å². The van der Waals surface area contributed by atoms with Gasteiger partial charge >= 0.3 is 17.9 Å². The summed E-state index contributed by atoms with van der Waals surface area (Å²) >= 11 is 12.0. The number of benzene rings is 2. The van der Waals surface area contributed by atoms with E-state index in [9.17, 15) is 29.6 Å². The number of aromatic carboxylic acids is 1. The highest BCUT2D eigenvalue weighted by atomic mass is 35.5. The van der Waals surface area contributed by atoms with E-state index >= 15 is 0 Å². The van der Waals surface area contributed by atoms with E-state index in [4.69, 9.17) is 33.4 Å². The van der Waals surface area contributed by atoms with E-state index < -0.39 is 33.9 Å². The second kappa shape index (κ2) is 10.6. The number of nitro benzene ring substituents is 1. The number of carbonyl (C=O) groups is 3. The standard InChI is InChI=1S/C16H11Cl2NO6.C5H9NO2/c1-16(15(22)23,10-6-8(14(20)21)2-4-12(10)18)11-7-9(17)3-5-13(11)19(24)25;7-5(8)4-2-1-3-6-4/h2-7H,1H3,(H,20,21)(H,22,23);4,6H,1-3H2,(H,7,8)/t16-;4-/m10/s1. The second-order valence-corrected chi connectivity index (χ2v) is 8.18. The van der Waals surface area contributed by atoms with E-state index in [0.29, 0.717) is 0 Å². The molecule has 1 aliphatic heterocycles. The monoisotopic (exact) mass is 498 g/mol. The van der Waals surface area contributed by atoms with Gasteiger partial charge in [0.05, 0.1) is 16.1 Å². The second-order valence-electron chi connectivity index (χ2n) is 7.34. The van der Waals surface area contributed by atoms with Gasteiger partial charge in [-0.15, -0.1) is 0 Å². The third kappa shape index (κ3) is 5.78. The predicted molar refractivity (Wildman–Crippen MR) is 119 cm³/mol. The minimum Gasteiger partial charge on any atom is -0.480 e. The van der Waals surface area contributed by atoms with Crippen LogP contribution in [0.1, 0.15) is 41.3 Å². The first-order valence-corrected chi connectivity index (χ1v) is 10.3. The zero-order valence-electron chi connectivity index (χ0n) is 17.2. The Morgan fingerprint density at radius 1 is 1.09 bits per heavy atom. The average molecular weight is 499 g/mol. The van der Waals surface area contributed by atoms with Crippen LogP contribution in [0.4, 0.5) is 5.69 Å². The van der Waals surface area contributed by atoms with Crippen molar-refractivity contribution in [3.63, 3.8) is 0 Å². The first-order chi connectivity index (χ1) is 15.4. The summed E-state index contributed by atoms with van der Waals surface area (Å²) in [5, 5.41) is 41.6. The molecule has 33 heavy (non-hydrogen) atoms. The van der Waals surface area contributed by atoms with Crippen LogP contribution in [-0.4, -0.2) is 50.7 Å². The number of carboxylic acid groups (broad SMARTS) is 3. The molecule has 0 aliphatic carbocycles. The van der Waals surface area contributed by atoms with Crippen LogP contribution in [0.3, 0.4) is 0 Å². The summed E-state index contributed by atoms with van der Waals surface area (Å²) in [7, 11) is 0. The van der Waals surface area contributed by atoms with Crippen LogP contribution in [0, 0.1) is 10.1 Å². The number of halogens is 2. The van der Waals surface area contributed by atoms with Gasteiger partial charge in [0.2, 0.25) is 0 Å². The quantitative estimate of drug-likeness (QED) is 0.341. The van der Waals surface area contributed by atoms with Gasteiger partial charge in [0.15, 0.2) is 0 Å². The molecule has 2 aromatic carbocycles. The third-order valence-electron chi connectivity index (χ3n) is 5.23. The summed E-state index contributed by atoms with van der Waals surface area (Å²) in [6.45, 7) is 2.07. The molecule has 176 valence electrons. The van der Waals surface area contributed by atoms with Crippen molar-refractivity contribution in [1.82, 2.24) is 5.32 Å². The Hall–Kier alpha value is -3.21. The average Bonchev–Trinajstić information content (AvgIpc) is 3.28. The van der Waals surface area contributed by atoms with Crippen LogP contribution in [-0.2, 0) is 15.0 Å². The Kier molecular flexibility index (Phi) is 8.37. The molecule has 0 spiro atoms. The number of aliphatic carboxylic acids is 2. The van der Waals surface area contributed by atoms with E-state index in [1.165, 1.54) is 25.1 Å². The van der Waals surface area contributed by atoms with Crippen molar-refractivity contribution >= 4 is 46.8 Å². The first-order valence-electron chi connectivity index (χ1n) is 9.57. The topological polar surface area (TPSA) is 167 Å². The lowest BCUT2D eigenvalue weighted by molar-refractivity contribution is -0.385. The predicted octanol–water partition coefficient (Wildman–Crippen LogP) is 3.81. The minimum absolute atomic E-state index is 0.0378. The molecule has 0 amide bonds. The Balaban J connectivity index is 0.000000405. The van der Waals surface area contributed by atoms with Gasteiger partial charge in [-0.2, -0.15) is 0 Å². The molecule has 1 heterocycles. The number of hydrogen-bond donors (Lipinski definition) is 4. The lowest BCUT2D eigenvalue weighted by Gasteiger charge is -2.27. The zero-order valence-corrected chi connectivity index (χ0v) is 18.8. The summed E-state index contributed by atoms with van der Waals surface area (Å²) in [5.74, 6) is -3.45. The highest BCUT2D eigenvalue weighted by Crippen LogP contribution is 2.42. The van der Waals surface area contributed by atoms with Gasteiger partial charge in [-0.05, 0) is 62.2 Å². The Morgan fingerprint density at radius 3 is 2.21 bits per heavy atom. The number of carboxylic acids is 3. The molecule has 1 aliphatic rings. The van der Waals surface area contributed by atoms with Crippen LogP contribution < -0.4 is 5.32 Å². The largest absolute Gasteiger partial charge is 0.480 e. The lowest BCUT2D eigenvalue weighted by Crippen LogP contribution is -2.35. The van der Waals surface area contributed by atoms with E-state index in [1.54, 1.807) is 0 Å². The molecule has 1 saturated heterocycles. The molecule has 1 fully saturated rings. The number of nitrogens with zero attached hydrogens (tertiary/aromatic N) is 1. The summed E-state index contributed by atoms with van der Waals surface area (Å²) in [6, 6.07) is 6.78. The van der Waals surface area contributed by atoms with Crippen molar-refractivity contribution < 1.29 is 34.6 Å². The van der Waals surface area contributed by atoms with Crippen LogP contribution >= 0.6 is 23.2 Å². The molecule has 2 atom stereocenters. The normalized spacial score (nSPS) is 16.8. The SMILES string of the molecule is C[C@@](C(=O)O)(c1cc(C(=O)O)ccc1Cl)c1cc(Cl)ccc1[N+](=O)[O-].O=C(O)[C@@H]1CCCN1. The third-order valence-corrected chi connectivity index (χ3v) is 5.80. The maximum Gasteiger partial charge on any atom is 0.335 e. The van der Waals surface area contributed by atoms with Crippen molar-refractivity contribution in [2.24, 2.45) is 0 Å². The van der Waals surface area contributed by atoms with Crippen molar-refractivity contribution in [2.45, 2.75) is 31.2 Å². The smallest absolute Gasteiger partial charge is 0.335 e. The summed E-state index contributed by atoms with van der Waals surface area (Å²) < 4.78 is 0. The van der Waals surface area contributed by atoms with E-state index in [2.05, 4.69) is 5.32 Å². The molecule has 0 unspecified atom stereocenters. The molecule has 0 aromatic heterocycles. The number of rotatable bonds is 6. The fourth-order valence-electron chi connectivity index (χ4n) is 3.38. The molecular formula is C21H20Cl2N2O8. The maximum absolute atomic E-state index is 12.1. The Labute approximate surface area is 197 Å². The highest BCUT2D eigenvalue weighted by Gasteiger charge is 2.44. The summed E-state index contributed by atoms with van der Waals surface area (Å²) in [5.41, 5.74) is -2.95. The minimum atomic E-state index is -1.99. The van der Waals surface area contributed by atoms with Crippen LogP contribution in [0.15, 0.2) is 36.4 Å². The van der Waals surface area contributed by atoms with Crippen molar-refractivity contribution in [1.29, 1.82) is 0 Å². The van der Waals surface area contributed by atoms with Crippen molar-refractivity contribution in [3.05, 3.63) is 73.2 Å². The number of hydrogen-bond acceptors (Lipinski definition) is 6. The highest BCUT2D eigenvalue weighted by molar-refractivity contribution is 6.32. The number of nitrogens with one attached hydrogen (secondary N) is 1. The van der Waals surface area contributed by atoms with E-state index in [1.807, 2.05) is 0 Å². The lowest BCUT2D eigenvalue weighted by atomic mass is 9.75. The molecule has 0 bridgehead atoms. The van der Waals surface area contributed by atoms with Gasteiger partial charge in [-0.1, -0.05) is 23.2 Å². The van der Waals surface area contributed by atoms with Gasteiger partial charge in [-0.25, -0.2) is 4.79 Å². The first kappa shape index (κ1) is 26.0. The zero-order chi connectivity index (χ0) is 24.9. The molecule has 4 N–H and O–H groups in total. The molecule has 10 nitrogen and oxygen atoms in total. The fraction of sp³-hybridized carbons (Fsp3) is 0.286. The van der Waals surface area contributed by atoms with Crippen LogP contribution in [0.25, 0.3) is 0 Å². The fourth-order valence-corrected chi connectivity index (χ4v) is 3.86. The van der Waals surface area contributed by atoms with Crippen molar-refractivity contribution in [3.8, 4) is 0 Å². The van der Waals surface area contributed by atoms with Gasteiger partial charge in [0.25, 0.3) is 5.69 Å². The van der Waals surface area contributed by atoms with Gasteiger partial charge < -0.3 is 20.6 Å². The van der Waals surface area contributed by atoms with Gasteiger partial charge in [0.1, 0.15) is 11.5 Å². The van der Waals surface area contributed by atoms with Crippen LogP contribution in [0.5, 0.6) is 0 Å².